The zero-order valence-corrected chi connectivity index (χ0v) is 12.3. The third-order valence-electron chi connectivity index (χ3n) is 2.29. The van der Waals surface area contributed by atoms with Gasteiger partial charge in [-0.1, -0.05) is 6.92 Å². The molecule has 0 saturated heterocycles. The van der Waals surface area contributed by atoms with Crippen LogP contribution in [0.5, 0.6) is 11.5 Å². The Bertz CT molecular complexity index is 368. The molecular weight excluding hydrogens is 300 g/mol. The molecule has 18 heavy (non-hydrogen) atoms. The molecule has 0 atom stereocenters. The van der Waals surface area contributed by atoms with Crippen molar-refractivity contribution >= 4 is 15.9 Å². The van der Waals surface area contributed by atoms with E-state index in [9.17, 15) is 0 Å². The van der Waals surface area contributed by atoms with Crippen molar-refractivity contribution in [3.8, 4) is 11.5 Å². The summed E-state index contributed by atoms with van der Waals surface area (Å²) in [7, 11) is 1.57. The summed E-state index contributed by atoms with van der Waals surface area (Å²) in [5, 5.41) is 9.11. The van der Waals surface area contributed by atoms with E-state index in [1.54, 1.807) is 13.2 Å². The molecule has 0 aliphatic carbocycles. The second-order valence-electron chi connectivity index (χ2n) is 3.73. The summed E-state index contributed by atoms with van der Waals surface area (Å²) in [4.78, 5) is 0. The Balaban J connectivity index is 2.63. The van der Waals surface area contributed by atoms with E-state index in [1.807, 2.05) is 6.07 Å². The lowest BCUT2D eigenvalue weighted by Crippen LogP contribution is -2.08. The van der Waals surface area contributed by atoms with Gasteiger partial charge >= 0.3 is 0 Å². The first kappa shape index (κ1) is 15.3. The van der Waals surface area contributed by atoms with E-state index in [0.717, 1.165) is 23.1 Å². The Morgan fingerprint density at radius 3 is 2.61 bits per heavy atom. The predicted molar refractivity (Wildman–Crippen MR) is 73.2 cm³/mol. The van der Waals surface area contributed by atoms with Gasteiger partial charge in [0.25, 0.3) is 0 Å². The molecule has 0 spiro atoms. The molecule has 0 heterocycles. The highest BCUT2D eigenvalue weighted by Gasteiger charge is 2.11. The average molecular weight is 319 g/mol. The summed E-state index contributed by atoms with van der Waals surface area (Å²) in [5.74, 6) is 1.23. The standard InChI is InChI=1S/C13H19BrO4/c1-3-4-17-5-6-18-13-11(14)7-10(9-15)8-12(13)16-2/h7-8,15H,3-6,9H2,1-2H3. The Kier molecular flexibility index (Phi) is 7.08. The lowest BCUT2D eigenvalue weighted by molar-refractivity contribution is 0.0992. The number of hydrogen-bond acceptors (Lipinski definition) is 4. The highest BCUT2D eigenvalue weighted by Crippen LogP contribution is 2.36. The van der Waals surface area contributed by atoms with Gasteiger partial charge in [-0.25, -0.2) is 0 Å². The van der Waals surface area contributed by atoms with Gasteiger partial charge < -0.3 is 19.3 Å². The van der Waals surface area contributed by atoms with Crippen molar-refractivity contribution in [1.82, 2.24) is 0 Å². The highest BCUT2D eigenvalue weighted by molar-refractivity contribution is 9.10. The van der Waals surface area contributed by atoms with Gasteiger partial charge in [-0.3, -0.25) is 0 Å². The summed E-state index contributed by atoms with van der Waals surface area (Å²) < 4.78 is 17.0. The molecule has 5 heteroatoms. The first-order valence-corrected chi connectivity index (χ1v) is 6.70. The van der Waals surface area contributed by atoms with Gasteiger partial charge in [-0.05, 0) is 40.0 Å². The van der Waals surface area contributed by atoms with Crippen molar-refractivity contribution < 1.29 is 19.3 Å². The molecule has 1 aromatic carbocycles. The molecule has 0 unspecified atom stereocenters. The Labute approximate surface area is 116 Å². The van der Waals surface area contributed by atoms with E-state index in [0.29, 0.717) is 24.7 Å². The fraction of sp³-hybridized carbons (Fsp3) is 0.538. The van der Waals surface area contributed by atoms with E-state index in [1.165, 1.54) is 0 Å². The third kappa shape index (κ3) is 4.48. The molecule has 0 saturated carbocycles. The van der Waals surface area contributed by atoms with Gasteiger partial charge in [-0.2, -0.15) is 0 Å². The summed E-state index contributed by atoms with van der Waals surface area (Å²) in [6, 6.07) is 3.57. The Morgan fingerprint density at radius 1 is 1.22 bits per heavy atom. The van der Waals surface area contributed by atoms with Crippen molar-refractivity contribution in [2.24, 2.45) is 0 Å². The van der Waals surface area contributed by atoms with Crippen molar-refractivity contribution in [2.75, 3.05) is 26.9 Å². The van der Waals surface area contributed by atoms with Crippen molar-refractivity contribution in [1.29, 1.82) is 0 Å². The smallest absolute Gasteiger partial charge is 0.175 e. The van der Waals surface area contributed by atoms with E-state index in [4.69, 9.17) is 19.3 Å². The second-order valence-corrected chi connectivity index (χ2v) is 4.58. The summed E-state index contributed by atoms with van der Waals surface area (Å²) in [5.41, 5.74) is 0.772. The minimum atomic E-state index is -0.0329. The number of hydrogen-bond donors (Lipinski definition) is 1. The normalized spacial score (nSPS) is 10.4. The van der Waals surface area contributed by atoms with Crippen LogP contribution in [-0.4, -0.2) is 32.0 Å². The number of aliphatic hydroxyl groups is 1. The lowest BCUT2D eigenvalue weighted by atomic mass is 10.2. The van der Waals surface area contributed by atoms with Crippen LogP contribution < -0.4 is 9.47 Å². The molecule has 0 aliphatic heterocycles. The molecule has 0 amide bonds. The molecular formula is C13H19BrO4. The molecule has 0 bridgehead atoms. The lowest BCUT2D eigenvalue weighted by Gasteiger charge is -2.13. The summed E-state index contributed by atoms with van der Waals surface area (Å²) in [6.45, 7) is 3.78. The van der Waals surface area contributed by atoms with Gasteiger partial charge in [0.1, 0.15) is 6.61 Å². The SMILES string of the molecule is CCCOCCOc1c(Br)cc(CO)cc1OC. The van der Waals surface area contributed by atoms with Crippen molar-refractivity contribution in [2.45, 2.75) is 20.0 Å². The van der Waals surface area contributed by atoms with Gasteiger partial charge in [0.15, 0.2) is 11.5 Å². The second kappa shape index (κ2) is 8.34. The molecule has 1 N–H and O–H groups in total. The number of ether oxygens (including phenoxy) is 3. The van der Waals surface area contributed by atoms with Crippen LogP contribution in [0.1, 0.15) is 18.9 Å². The number of rotatable bonds is 8. The molecule has 102 valence electrons. The molecule has 1 aromatic rings. The van der Waals surface area contributed by atoms with E-state index in [2.05, 4.69) is 22.9 Å². The van der Waals surface area contributed by atoms with Gasteiger partial charge in [0, 0.05) is 6.61 Å². The first-order valence-electron chi connectivity index (χ1n) is 5.90. The minimum Gasteiger partial charge on any atom is -0.493 e. The van der Waals surface area contributed by atoms with Gasteiger partial charge in [0.05, 0.1) is 24.8 Å². The van der Waals surface area contributed by atoms with Crippen LogP contribution in [0, 0.1) is 0 Å². The quantitative estimate of drug-likeness (QED) is 0.749. The maximum absolute atomic E-state index is 9.11. The predicted octanol–water partition coefficient (Wildman–Crippen LogP) is 2.76. The fourth-order valence-corrected chi connectivity index (χ4v) is 2.06. The molecule has 0 aliphatic rings. The topological polar surface area (TPSA) is 47.9 Å². The van der Waals surface area contributed by atoms with Crippen LogP contribution in [0.15, 0.2) is 16.6 Å². The molecule has 0 fully saturated rings. The molecule has 0 radical (unpaired) electrons. The molecule has 1 rings (SSSR count). The monoisotopic (exact) mass is 318 g/mol. The maximum atomic E-state index is 9.11. The van der Waals surface area contributed by atoms with Crippen LogP contribution in [0.3, 0.4) is 0 Å². The van der Waals surface area contributed by atoms with Crippen molar-refractivity contribution in [3.05, 3.63) is 22.2 Å². The summed E-state index contributed by atoms with van der Waals surface area (Å²) >= 11 is 3.41. The van der Waals surface area contributed by atoms with E-state index in [-0.39, 0.29) is 6.61 Å². The molecule has 4 nitrogen and oxygen atoms in total. The fourth-order valence-electron chi connectivity index (χ4n) is 1.45. The average Bonchev–Trinajstić information content (AvgIpc) is 2.39. The van der Waals surface area contributed by atoms with E-state index >= 15 is 0 Å². The van der Waals surface area contributed by atoms with E-state index < -0.39 is 0 Å². The number of methoxy groups -OCH3 is 1. The van der Waals surface area contributed by atoms with Gasteiger partial charge in [0.2, 0.25) is 0 Å². The Hall–Kier alpha value is -0.780. The number of aliphatic hydroxyl groups excluding tert-OH is 1. The summed E-state index contributed by atoms with van der Waals surface area (Å²) in [6.07, 6.45) is 0.998. The third-order valence-corrected chi connectivity index (χ3v) is 2.88. The molecule has 0 aromatic heterocycles. The maximum Gasteiger partial charge on any atom is 0.175 e. The van der Waals surface area contributed by atoms with Crippen LogP contribution in [0.25, 0.3) is 0 Å². The van der Waals surface area contributed by atoms with Crippen LogP contribution in [0.4, 0.5) is 0 Å². The zero-order valence-electron chi connectivity index (χ0n) is 10.7. The number of benzene rings is 1. The van der Waals surface area contributed by atoms with Crippen LogP contribution in [0.2, 0.25) is 0 Å². The van der Waals surface area contributed by atoms with Crippen molar-refractivity contribution in [3.63, 3.8) is 0 Å². The van der Waals surface area contributed by atoms with Gasteiger partial charge in [-0.15, -0.1) is 0 Å². The number of halogens is 1. The highest BCUT2D eigenvalue weighted by atomic mass is 79.9. The minimum absolute atomic E-state index is 0.0329. The first-order chi connectivity index (χ1) is 8.72. The Morgan fingerprint density at radius 2 is 2.00 bits per heavy atom. The zero-order chi connectivity index (χ0) is 13.4. The van der Waals surface area contributed by atoms with Crippen LogP contribution >= 0.6 is 15.9 Å². The largest absolute Gasteiger partial charge is 0.493 e. The van der Waals surface area contributed by atoms with Crippen LogP contribution in [-0.2, 0) is 11.3 Å².